The van der Waals surface area contributed by atoms with Gasteiger partial charge in [-0.15, -0.1) is 0 Å². The lowest BCUT2D eigenvalue weighted by Crippen LogP contribution is -2.38. The molecule has 0 spiro atoms. The summed E-state index contributed by atoms with van der Waals surface area (Å²) in [6.07, 6.45) is 0.632. The van der Waals surface area contributed by atoms with Crippen molar-refractivity contribution in [2.24, 2.45) is 5.92 Å². The number of hydrogen-bond donors (Lipinski definition) is 2. The molecule has 174 valence electrons. The van der Waals surface area contributed by atoms with Gasteiger partial charge in [0.05, 0.1) is 21.7 Å². The molecule has 1 aliphatic rings. The second-order valence-electron chi connectivity index (χ2n) is 8.59. The minimum atomic E-state index is -4.52. The average Bonchev–Trinajstić information content (AvgIpc) is 2.79. The van der Waals surface area contributed by atoms with Crippen LogP contribution in [0.25, 0.3) is 10.9 Å². The number of fused-ring (bicyclic) bond motifs is 1. The van der Waals surface area contributed by atoms with Crippen LogP contribution in [-0.4, -0.2) is 23.5 Å². The molecule has 4 rings (SSSR count). The van der Waals surface area contributed by atoms with Crippen molar-refractivity contribution in [1.82, 2.24) is 10.3 Å². The molecule has 0 radical (unpaired) electrons. The Labute approximate surface area is 195 Å². The van der Waals surface area contributed by atoms with Gasteiger partial charge in [0, 0.05) is 29.9 Å². The molecule has 1 heterocycles. The normalized spacial score (nSPS) is 18.8. The van der Waals surface area contributed by atoms with E-state index < -0.39 is 17.6 Å². The topological polar surface area (TPSA) is 54.0 Å². The smallest absolute Gasteiger partial charge is 0.384 e. The first kappa shape index (κ1) is 23.4. The molecule has 0 atom stereocenters. The molecule has 8 heteroatoms. The number of halogens is 4. The largest absolute Gasteiger partial charge is 0.416 e. The number of aryl methyl sites for hydroxylation is 1. The van der Waals surface area contributed by atoms with Crippen LogP contribution >= 0.6 is 11.6 Å². The highest BCUT2D eigenvalue weighted by Gasteiger charge is 2.32. The fourth-order valence-corrected chi connectivity index (χ4v) is 4.58. The van der Waals surface area contributed by atoms with E-state index in [-0.39, 0.29) is 16.6 Å². The summed E-state index contributed by atoms with van der Waals surface area (Å²) in [5.74, 6) is -0.116. The Morgan fingerprint density at radius 1 is 1.12 bits per heavy atom. The highest BCUT2D eigenvalue weighted by atomic mass is 35.5. The van der Waals surface area contributed by atoms with E-state index in [0.717, 1.165) is 72.6 Å². The number of aromatic nitrogens is 1. The van der Waals surface area contributed by atoms with Crippen LogP contribution in [-0.2, 0) is 6.18 Å². The molecule has 2 aromatic carbocycles. The van der Waals surface area contributed by atoms with Crippen molar-refractivity contribution < 1.29 is 18.0 Å². The molecule has 3 aromatic rings. The summed E-state index contributed by atoms with van der Waals surface area (Å²) >= 11 is 5.99. The monoisotopic (exact) mass is 475 g/mol. The summed E-state index contributed by atoms with van der Waals surface area (Å²) in [6.45, 7) is 2.86. The summed E-state index contributed by atoms with van der Waals surface area (Å²) in [6, 6.07) is 10.8. The van der Waals surface area contributed by atoms with Gasteiger partial charge in [0.25, 0.3) is 5.91 Å². The number of pyridine rings is 1. The van der Waals surface area contributed by atoms with Gasteiger partial charge in [0.1, 0.15) is 0 Å². The van der Waals surface area contributed by atoms with Crippen LogP contribution < -0.4 is 10.6 Å². The number of carbonyl (C=O) groups is 1. The molecule has 1 aromatic heterocycles. The van der Waals surface area contributed by atoms with Crippen LogP contribution in [0, 0.1) is 12.8 Å². The lowest BCUT2D eigenvalue weighted by molar-refractivity contribution is -0.137. The van der Waals surface area contributed by atoms with Crippen molar-refractivity contribution in [1.29, 1.82) is 0 Å². The fourth-order valence-electron chi connectivity index (χ4n) is 4.37. The first-order valence-corrected chi connectivity index (χ1v) is 11.4. The van der Waals surface area contributed by atoms with Gasteiger partial charge in [-0.3, -0.25) is 9.78 Å². The first-order chi connectivity index (χ1) is 15.7. The molecule has 0 unspecified atom stereocenters. The third-order valence-electron chi connectivity index (χ3n) is 6.27. The Hall–Kier alpha value is -2.80. The fraction of sp³-hybridized carbons (Fsp3) is 0.360. The van der Waals surface area contributed by atoms with Gasteiger partial charge >= 0.3 is 6.18 Å². The summed E-state index contributed by atoms with van der Waals surface area (Å²) in [4.78, 5) is 17.0. The number of anilines is 1. The maximum absolute atomic E-state index is 13.0. The molecular formula is C25H25ClF3N3O. The Balaban J connectivity index is 1.32. The predicted octanol–water partition coefficient (Wildman–Crippen LogP) is 6.62. The second kappa shape index (κ2) is 9.59. The number of nitrogens with zero attached hydrogens (tertiary/aromatic N) is 1. The zero-order valence-corrected chi connectivity index (χ0v) is 18.9. The Bertz CT molecular complexity index is 1160. The van der Waals surface area contributed by atoms with E-state index in [1.807, 2.05) is 13.0 Å². The Kier molecular flexibility index (Phi) is 6.79. The summed E-state index contributed by atoms with van der Waals surface area (Å²) in [5, 5.41) is 7.51. The molecule has 1 fully saturated rings. The Morgan fingerprint density at radius 2 is 1.88 bits per heavy atom. The van der Waals surface area contributed by atoms with Gasteiger partial charge in [-0.05, 0) is 80.5 Å². The molecule has 0 saturated heterocycles. The number of rotatable bonds is 5. The van der Waals surface area contributed by atoms with Gasteiger partial charge in [-0.2, -0.15) is 13.2 Å². The number of benzene rings is 2. The molecule has 0 aliphatic heterocycles. The van der Waals surface area contributed by atoms with Crippen molar-refractivity contribution in [2.45, 2.75) is 44.8 Å². The van der Waals surface area contributed by atoms with Crippen molar-refractivity contribution in [3.05, 3.63) is 70.4 Å². The summed E-state index contributed by atoms with van der Waals surface area (Å²) in [5.41, 5.74) is 2.15. The van der Waals surface area contributed by atoms with E-state index in [9.17, 15) is 18.0 Å². The van der Waals surface area contributed by atoms with Crippen molar-refractivity contribution in [3.8, 4) is 0 Å². The van der Waals surface area contributed by atoms with E-state index in [1.165, 1.54) is 0 Å². The van der Waals surface area contributed by atoms with Crippen molar-refractivity contribution in [2.75, 3.05) is 11.9 Å². The van der Waals surface area contributed by atoms with Crippen LogP contribution in [0.4, 0.5) is 18.9 Å². The van der Waals surface area contributed by atoms with Gasteiger partial charge in [-0.1, -0.05) is 17.7 Å². The number of amides is 1. The predicted molar refractivity (Wildman–Crippen MR) is 125 cm³/mol. The van der Waals surface area contributed by atoms with Crippen LogP contribution in [0.1, 0.15) is 47.2 Å². The lowest BCUT2D eigenvalue weighted by atomic mass is 9.85. The zero-order valence-electron chi connectivity index (χ0n) is 18.2. The first-order valence-electron chi connectivity index (χ1n) is 11.0. The molecule has 1 saturated carbocycles. The quantitative estimate of drug-likeness (QED) is 0.436. The standard InChI is InChI=1S/C25H25ClF3N3O/c1-15-4-11-22(19-3-2-12-30-23(15)19)31-14-16-5-8-18(9-6-16)32-24(33)20-13-17(25(27,28)29)7-10-21(20)26/h2-4,7,10-13,16,18,31H,5-6,8-9,14H2,1H3,(H,32,33). The molecule has 4 nitrogen and oxygen atoms in total. The van der Waals surface area contributed by atoms with E-state index >= 15 is 0 Å². The van der Waals surface area contributed by atoms with Crippen molar-refractivity contribution >= 4 is 34.1 Å². The summed E-state index contributed by atoms with van der Waals surface area (Å²) in [7, 11) is 0. The molecular weight excluding hydrogens is 451 g/mol. The van der Waals surface area contributed by atoms with Crippen LogP contribution in [0.15, 0.2) is 48.7 Å². The maximum atomic E-state index is 13.0. The SMILES string of the molecule is Cc1ccc(NCC2CCC(NC(=O)c3cc(C(F)(F)F)ccc3Cl)CC2)c2cccnc12. The minimum Gasteiger partial charge on any atom is -0.384 e. The third kappa shape index (κ3) is 5.41. The number of alkyl halides is 3. The molecule has 1 amide bonds. The van der Waals surface area contributed by atoms with Gasteiger partial charge in [-0.25, -0.2) is 0 Å². The van der Waals surface area contributed by atoms with Gasteiger partial charge in [0.15, 0.2) is 0 Å². The third-order valence-corrected chi connectivity index (χ3v) is 6.60. The number of carbonyl (C=O) groups excluding carboxylic acids is 1. The van der Waals surface area contributed by atoms with Gasteiger partial charge < -0.3 is 10.6 Å². The maximum Gasteiger partial charge on any atom is 0.416 e. The highest BCUT2D eigenvalue weighted by molar-refractivity contribution is 6.33. The number of hydrogen-bond acceptors (Lipinski definition) is 3. The lowest BCUT2D eigenvalue weighted by Gasteiger charge is -2.29. The molecule has 0 bridgehead atoms. The van der Waals surface area contributed by atoms with E-state index in [4.69, 9.17) is 11.6 Å². The number of nitrogens with one attached hydrogen (secondary N) is 2. The van der Waals surface area contributed by atoms with Crippen LogP contribution in [0.2, 0.25) is 5.02 Å². The Morgan fingerprint density at radius 3 is 2.61 bits per heavy atom. The van der Waals surface area contributed by atoms with Crippen LogP contribution in [0.5, 0.6) is 0 Å². The van der Waals surface area contributed by atoms with E-state index in [1.54, 1.807) is 6.20 Å². The summed E-state index contributed by atoms with van der Waals surface area (Å²) < 4.78 is 38.9. The van der Waals surface area contributed by atoms with Crippen LogP contribution in [0.3, 0.4) is 0 Å². The highest BCUT2D eigenvalue weighted by Crippen LogP contribution is 2.32. The van der Waals surface area contributed by atoms with Crippen molar-refractivity contribution in [3.63, 3.8) is 0 Å². The van der Waals surface area contributed by atoms with E-state index in [2.05, 4.69) is 33.8 Å². The van der Waals surface area contributed by atoms with E-state index in [0.29, 0.717) is 5.92 Å². The molecule has 33 heavy (non-hydrogen) atoms. The average molecular weight is 476 g/mol. The minimum absolute atomic E-state index is 0.0122. The zero-order chi connectivity index (χ0) is 23.6. The van der Waals surface area contributed by atoms with Gasteiger partial charge in [0.2, 0.25) is 0 Å². The molecule has 2 N–H and O–H groups in total. The second-order valence-corrected chi connectivity index (χ2v) is 9.00. The molecule has 1 aliphatic carbocycles.